The summed E-state index contributed by atoms with van der Waals surface area (Å²) >= 11 is 0. The lowest BCUT2D eigenvalue weighted by molar-refractivity contribution is -0.0541. The maximum absolute atomic E-state index is 9.43. The van der Waals surface area contributed by atoms with Gasteiger partial charge in [0, 0.05) is 20.2 Å². The Balaban J connectivity index is 1.57. The number of methoxy groups -OCH3 is 1. The molecule has 0 saturated carbocycles. The lowest BCUT2D eigenvalue weighted by atomic mass is 9.95. The first-order valence-corrected chi connectivity index (χ1v) is 9.33. The van der Waals surface area contributed by atoms with Crippen LogP contribution in [0.15, 0.2) is 48.5 Å². The molecule has 0 amide bonds. The molecule has 0 spiro atoms. The molecule has 1 aliphatic heterocycles. The third-order valence-electron chi connectivity index (χ3n) is 5.29. The van der Waals surface area contributed by atoms with Gasteiger partial charge in [0.2, 0.25) is 0 Å². The van der Waals surface area contributed by atoms with Crippen molar-refractivity contribution in [3.8, 4) is 11.5 Å². The average molecular weight is 355 g/mol. The molecule has 1 atom stereocenters. The van der Waals surface area contributed by atoms with Crippen LogP contribution in [0.2, 0.25) is 0 Å². The average Bonchev–Trinajstić information content (AvgIpc) is 2.86. The van der Waals surface area contributed by atoms with Gasteiger partial charge in [-0.1, -0.05) is 29.8 Å². The summed E-state index contributed by atoms with van der Waals surface area (Å²) in [6.07, 6.45) is 3.04. The van der Waals surface area contributed by atoms with Crippen LogP contribution in [0, 0.1) is 6.92 Å². The summed E-state index contributed by atoms with van der Waals surface area (Å²) in [6, 6.07) is 15.7. The van der Waals surface area contributed by atoms with Crippen LogP contribution in [0.1, 0.15) is 30.4 Å². The molecule has 140 valence electrons. The highest BCUT2D eigenvalue weighted by Gasteiger charge is 2.33. The highest BCUT2D eigenvalue weighted by atomic mass is 16.5. The van der Waals surface area contributed by atoms with Gasteiger partial charge in [0.1, 0.15) is 23.7 Å². The van der Waals surface area contributed by atoms with Crippen LogP contribution in [0.25, 0.3) is 0 Å². The van der Waals surface area contributed by atoms with E-state index in [1.807, 2.05) is 24.3 Å². The normalized spacial score (nSPS) is 21.3. The van der Waals surface area contributed by atoms with E-state index in [1.165, 1.54) is 11.1 Å². The van der Waals surface area contributed by atoms with E-state index in [4.69, 9.17) is 9.47 Å². The highest BCUT2D eigenvalue weighted by Crippen LogP contribution is 2.28. The standard InChI is InChI=1S/C22H29NO3/c1-18-4-10-21(11-5-18)26-17-22(25-2)12-3-14-23(15-13-22)16-19-6-8-20(24)9-7-19/h4-11,24H,3,12-17H2,1-2H3/t22-/m0/s1. The number of phenolic OH excluding ortho intramolecular Hbond substituents is 1. The van der Waals surface area contributed by atoms with Crippen LogP contribution in [0.3, 0.4) is 0 Å². The number of rotatable bonds is 6. The van der Waals surface area contributed by atoms with Crippen LogP contribution < -0.4 is 4.74 Å². The second-order valence-corrected chi connectivity index (χ2v) is 7.29. The first-order valence-electron chi connectivity index (χ1n) is 9.33. The van der Waals surface area contributed by atoms with Crippen LogP contribution >= 0.6 is 0 Å². The van der Waals surface area contributed by atoms with Crippen molar-refractivity contribution < 1.29 is 14.6 Å². The maximum atomic E-state index is 9.43. The third-order valence-corrected chi connectivity index (χ3v) is 5.29. The van der Waals surface area contributed by atoms with Crippen molar-refractivity contribution in [2.24, 2.45) is 0 Å². The molecule has 1 saturated heterocycles. The molecule has 1 aliphatic rings. The number of aryl methyl sites for hydroxylation is 1. The van der Waals surface area contributed by atoms with Gasteiger partial charge in [-0.15, -0.1) is 0 Å². The van der Waals surface area contributed by atoms with Gasteiger partial charge in [-0.3, -0.25) is 4.90 Å². The fourth-order valence-corrected chi connectivity index (χ4v) is 3.50. The maximum Gasteiger partial charge on any atom is 0.119 e. The predicted octanol–water partition coefficient (Wildman–Crippen LogP) is 4.15. The Labute approximate surface area is 156 Å². The molecule has 0 unspecified atom stereocenters. The van der Waals surface area contributed by atoms with Gasteiger partial charge in [0.25, 0.3) is 0 Å². The van der Waals surface area contributed by atoms with Crippen LogP contribution in [-0.2, 0) is 11.3 Å². The number of phenols is 1. The molecule has 0 bridgehead atoms. The molecule has 0 radical (unpaired) electrons. The highest BCUT2D eigenvalue weighted by molar-refractivity contribution is 5.27. The molecule has 3 rings (SSSR count). The molecule has 26 heavy (non-hydrogen) atoms. The van der Waals surface area contributed by atoms with E-state index in [9.17, 15) is 5.11 Å². The van der Waals surface area contributed by atoms with Crippen molar-refractivity contribution in [1.82, 2.24) is 4.90 Å². The third kappa shape index (κ3) is 4.99. The van der Waals surface area contributed by atoms with Crippen molar-refractivity contribution in [2.75, 3.05) is 26.8 Å². The number of nitrogens with zero attached hydrogens (tertiary/aromatic N) is 1. The zero-order valence-corrected chi connectivity index (χ0v) is 15.8. The molecule has 1 fully saturated rings. The summed E-state index contributed by atoms with van der Waals surface area (Å²) < 4.78 is 12.0. The van der Waals surface area contributed by atoms with Crippen molar-refractivity contribution in [2.45, 2.75) is 38.3 Å². The van der Waals surface area contributed by atoms with Crippen molar-refractivity contribution in [3.05, 3.63) is 59.7 Å². The first-order chi connectivity index (χ1) is 12.6. The van der Waals surface area contributed by atoms with E-state index in [-0.39, 0.29) is 5.60 Å². The number of ether oxygens (including phenoxy) is 2. The Morgan fingerprint density at radius 2 is 1.73 bits per heavy atom. The van der Waals surface area contributed by atoms with E-state index >= 15 is 0 Å². The van der Waals surface area contributed by atoms with Gasteiger partial charge < -0.3 is 14.6 Å². The fourth-order valence-electron chi connectivity index (χ4n) is 3.50. The molecule has 2 aromatic carbocycles. The molecular weight excluding hydrogens is 326 g/mol. The van der Waals surface area contributed by atoms with E-state index in [2.05, 4.69) is 24.0 Å². The van der Waals surface area contributed by atoms with Gasteiger partial charge in [0.05, 0.1) is 0 Å². The van der Waals surface area contributed by atoms with Gasteiger partial charge in [-0.05, 0) is 62.6 Å². The second kappa shape index (κ2) is 8.56. The van der Waals surface area contributed by atoms with Gasteiger partial charge in [-0.2, -0.15) is 0 Å². The SMILES string of the molecule is CO[C@@]1(COc2ccc(C)cc2)CCCN(Cc2ccc(O)cc2)CC1. The van der Waals surface area contributed by atoms with E-state index < -0.39 is 0 Å². The topological polar surface area (TPSA) is 41.9 Å². The van der Waals surface area contributed by atoms with Gasteiger partial charge in [-0.25, -0.2) is 0 Å². The summed E-state index contributed by atoms with van der Waals surface area (Å²) in [4.78, 5) is 2.46. The van der Waals surface area contributed by atoms with Crippen molar-refractivity contribution in [3.63, 3.8) is 0 Å². The summed E-state index contributed by atoms with van der Waals surface area (Å²) in [5, 5.41) is 9.43. The van der Waals surface area contributed by atoms with Gasteiger partial charge in [0.15, 0.2) is 0 Å². The molecule has 4 nitrogen and oxygen atoms in total. The number of hydrogen-bond acceptors (Lipinski definition) is 4. The second-order valence-electron chi connectivity index (χ2n) is 7.29. The van der Waals surface area contributed by atoms with Crippen LogP contribution in [-0.4, -0.2) is 42.4 Å². The Bertz CT molecular complexity index is 684. The lowest BCUT2D eigenvalue weighted by Gasteiger charge is -2.31. The Morgan fingerprint density at radius 1 is 1.00 bits per heavy atom. The Hall–Kier alpha value is -2.04. The Morgan fingerprint density at radius 3 is 2.42 bits per heavy atom. The summed E-state index contributed by atoms with van der Waals surface area (Å²) in [7, 11) is 1.80. The molecule has 1 N–H and O–H groups in total. The minimum Gasteiger partial charge on any atom is -0.508 e. The quantitative estimate of drug-likeness (QED) is 0.845. The van der Waals surface area contributed by atoms with Crippen LogP contribution in [0.5, 0.6) is 11.5 Å². The molecular formula is C22H29NO3. The van der Waals surface area contributed by atoms with Crippen molar-refractivity contribution >= 4 is 0 Å². The minimum absolute atomic E-state index is 0.228. The van der Waals surface area contributed by atoms with E-state index in [0.717, 1.165) is 44.6 Å². The number of hydrogen-bond donors (Lipinski definition) is 1. The zero-order chi connectivity index (χ0) is 18.4. The predicted molar refractivity (Wildman–Crippen MR) is 104 cm³/mol. The van der Waals surface area contributed by atoms with Gasteiger partial charge >= 0.3 is 0 Å². The number of benzene rings is 2. The van der Waals surface area contributed by atoms with Crippen LogP contribution in [0.4, 0.5) is 0 Å². The monoisotopic (exact) mass is 355 g/mol. The fraction of sp³-hybridized carbons (Fsp3) is 0.455. The summed E-state index contributed by atoms with van der Waals surface area (Å²) in [5.74, 6) is 1.22. The Kier molecular flexibility index (Phi) is 6.17. The number of likely N-dealkylation sites (tertiary alicyclic amines) is 1. The smallest absolute Gasteiger partial charge is 0.119 e. The van der Waals surface area contributed by atoms with E-state index in [0.29, 0.717) is 12.4 Å². The molecule has 2 aromatic rings. The lowest BCUT2D eigenvalue weighted by Crippen LogP contribution is -2.39. The molecule has 1 heterocycles. The van der Waals surface area contributed by atoms with E-state index in [1.54, 1.807) is 19.2 Å². The minimum atomic E-state index is -0.228. The summed E-state index contributed by atoms with van der Waals surface area (Å²) in [5.41, 5.74) is 2.23. The zero-order valence-electron chi connectivity index (χ0n) is 15.8. The molecule has 0 aromatic heterocycles. The van der Waals surface area contributed by atoms with Crippen molar-refractivity contribution in [1.29, 1.82) is 0 Å². The first kappa shape index (κ1) is 18.7. The molecule has 4 heteroatoms. The number of aromatic hydroxyl groups is 1. The molecule has 0 aliphatic carbocycles. The largest absolute Gasteiger partial charge is 0.508 e. The summed E-state index contributed by atoms with van der Waals surface area (Å²) in [6.45, 7) is 5.59.